The highest BCUT2D eigenvalue weighted by Crippen LogP contribution is 2.25. The molecule has 5 nitrogen and oxygen atoms in total. The van der Waals surface area contributed by atoms with Gasteiger partial charge in [-0.15, -0.1) is 0 Å². The van der Waals surface area contributed by atoms with Crippen molar-refractivity contribution in [1.29, 1.82) is 0 Å². The maximum absolute atomic E-state index is 12.9. The highest BCUT2D eigenvalue weighted by atomic mass is 32.2. The Kier molecular flexibility index (Phi) is 5.60. The molecule has 6 heteroatoms. The second-order valence-corrected chi connectivity index (χ2v) is 9.71. The third-order valence-corrected chi connectivity index (χ3v) is 7.75. The number of sulfonamides is 1. The molecule has 2 aliphatic rings. The van der Waals surface area contributed by atoms with Crippen LogP contribution in [0.4, 0.5) is 11.4 Å². The summed E-state index contributed by atoms with van der Waals surface area (Å²) >= 11 is 0. The van der Waals surface area contributed by atoms with Gasteiger partial charge >= 0.3 is 0 Å². The number of rotatable bonds is 4. The monoisotopic (exact) mass is 399 g/mol. The van der Waals surface area contributed by atoms with E-state index in [1.165, 1.54) is 30.6 Å². The van der Waals surface area contributed by atoms with Gasteiger partial charge in [0.25, 0.3) is 0 Å². The first-order valence-corrected chi connectivity index (χ1v) is 11.6. The highest BCUT2D eigenvalue weighted by molar-refractivity contribution is 7.89. The Hall–Kier alpha value is -2.05. The number of hydrogen-bond acceptors (Lipinski definition) is 4. The zero-order valence-electron chi connectivity index (χ0n) is 16.5. The van der Waals surface area contributed by atoms with Crippen LogP contribution in [0.15, 0.2) is 53.4 Å². The van der Waals surface area contributed by atoms with E-state index < -0.39 is 10.0 Å². The largest absolute Gasteiger partial charge is 0.372 e. The molecule has 28 heavy (non-hydrogen) atoms. The van der Waals surface area contributed by atoms with Crippen molar-refractivity contribution in [3.63, 3.8) is 0 Å². The molecule has 0 unspecified atom stereocenters. The summed E-state index contributed by atoms with van der Waals surface area (Å²) in [5, 5.41) is 0. The van der Waals surface area contributed by atoms with Crippen LogP contribution in [0.25, 0.3) is 0 Å². The molecule has 0 spiro atoms. The molecule has 0 amide bonds. The molecule has 2 fully saturated rings. The van der Waals surface area contributed by atoms with E-state index in [0.717, 1.165) is 18.7 Å². The fraction of sp³-hybridized carbons (Fsp3) is 0.455. The molecule has 0 saturated carbocycles. The van der Waals surface area contributed by atoms with Crippen molar-refractivity contribution in [2.24, 2.45) is 0 Å². The molecule has 0 aliphatic carbocycles. The van der Waals surface area contributed by atoms with E-state index in [4.69, 9.17) is 0 Å². The van der Waals surface area contributed by atoms with E-state index in [9.17, 15) is 8.42 Å². The number of benzene rings is 2. The number of hydrogen-bond donors (Lipinski definition) is 0. The van der Waals surface area contributed by atoms with Gasteiger partial charge in [-0.05, 0) is 62.6 Å². The molecule has 0 radical (unpaired) electrons. The average molecular weight is 400 g/mol. The second-order valence-electron chi connectivity index (χ2n) is 7.77. The third-order valence-electron chi connectivity index (χ3n) is 5.83. The Morgan fingerprint density at radius 3 is 1.68 bits per heavy atom. The van der Waals surface area contributed by atoms with E-state index in [0.29, 0.717) is 31.1 Å². The van der Waals surface area contributed by atoms with Crippen LogP contribution < -0.4 is 9.80 Å². The van der Waals surface area contributed by atoms with Crippen LogP contribution in [0, 0.1) is 6.92 Å². The van der Waals surface area contributed by atoms with Crippen LogP contribution in [0.3, 0.4) is 0 Å². The Labute approximate surface area is 168 Å². The van der Waals surface area contributed by atoms with E-state index in [1.807, 2.05) is 19.1 Å². The minimum atomic E-state index is -3.41. The summed E-state index contributed by atoms with van der Waals surface area (Å²) < 4.78 is 27.3. The summed E-state index contributed by atoms with van der Waals surface area (Å²) in [5.41, 5.74) is 3.54. The maximum atomic E-state index is 12.9. The smallest absolute Gasteiger partial charge is 0.243 e. The number of anilines is 2. The van der Waals surface area contributed by atoms with Crippen molar-refractivity contribution >= 4 is 21.4 Å². The Morgan fingerprint density at radius 2 is 1.14 bits per heavy atom. The van der Waals surface area contributed by atoms with Crippen molar-refractivity contribution in [2.45, 2.75) is 31.1 Å². The molecule has 150 valence electrons. The minimum absolute atomic E-state index is 0.387. The lowest BCUT2D eigenvalue weighted by molar-refractivity contribution is 0.385. The lowest BCUT2D eigenvalue weighted by Crippen LogP contribution is -2.48. The summed E-state index contributed by atoms with van der Waals surface area (Å²) in [7, 11) is -3.41. The molecule has 0 aromatic heterocycles. The lowest BCUT2D eigenvalue weighted by Gasteiger charge is -2.36. The molecule has 0 N–H and O–H groups in total. The molecular weight excluding hydrogens is 370 g/mol. The summed E-state index contributed by atoms with van der Waals surface area (Å²) in [6, 6.07) is 15.9. The predicted molar refractivity (Wildman–Crippen MR) is 115 cm³/mol. The Balaban J connectivity index is 1.39. The van der Waals surface area contributed by atoms with Gasteiger partial charge in [0.15, 0.2) is 0 Å². The Bertz CT molecular complexity index is 880. The first-order chi connectivity index (χ1) is 13.5. The molecule has 2 saturated heterocycles. The van der Waals surface area contributed by atoms with Crippen molar-refractivity contribution < 1.29 is 8.42 Å². The molecule has 2 aliphatic heterocycles. The van der Waals surface area contributed by atoms with Gasteiger partial charge in [-0.3, -0.25) is 0 Å². The minimum Gasteiger partial charge on any atom is -0.372 e. The van der Waals surface area contributed by atoms with E-state index in [-0.39, 0.29) is 0 Å². The zero-order valence-corrected chi connectivity index (χ0v) is 17.4. The molecule has 0 atom stereocenters. The van der Waals surface area contributed by atoms with Crippen molar-refractivity contribution in [3.8, 4) is 0 Å². The van der Waals surface area contributed by atoms with Crippen LogP contribution >= 0.6 is 0 Å². The first kappa shape index (κ1) is 19.3. The fourth-order valence-electron chi connectivity index (χ4n) is 4.07. The van der Waals surface area contributed by atoms with Crippen LogP contribution in [-0.4, -0.2) is 52.0 Å². The SMILES string of the molecule is Cc1ccc(S(=O)(=O)N2CCN(c3ccc(N4CCCCC4)cc3)CC2)cc1. The second kappa shape index (κ2) is 8.13. The van der Waals surface area contributed by atoms with Gasteiger partial charge in [0.05, 0.1) is 4.90 Å². The van der Waals surface area contributed by atoms with Crippen LogP contribution in [0.5, 0.6) is 0 Å². The first-order valence-electron chi connectivity index (χ1n) is 10.2. The van der Waals surface area contributed by atoms with Crippen molar-refractivity contribution in [1.82, 2.24) is 4.31 Å². The zero-order chi connectivity index (χ0) is 19.6. The average Bonchev–Trinajstić information content (AvgIpc) is 2.75. The number of nitrogens with zero attached hydrogens (tertiary/aromatic N) is 3. The molecular formula is C22H29N3O2S. The summed E-state index contributed by atoms with van der Waals surface area (Å²) in [4.78, 5) is 5.12. The topological polar surface area (TPSA) is 43.9 Å². The summed E-state index contributed by atoms with van der Waals surface area (Å²) in [5.74, 6) is 0. The van der Waals surface area contributed by atoms with E-state index in [1.54, 1.807) is 16.4 Å². The van der Waals surface area contributed by atoms with Gasteiger partial charge in [-0.2, -0.15) is 4.31 Å². The lowest BCUT2D eigenvalue weighted by atomic mass is 10.1. The van der Waals surface area contributed by atoms with Crippen LogP contribution in [0.2, 0.25) is 0 Å². The van der Waals surface area contributed by atoms with Gasteiger partial charge in [0.1, 0.15) is 0 Å². The van der Waals surface area contributed by atoms with Gasteiger partial charge in [-0.25, -0.2) is 8.42 Å². The highest BCUT2D eigenvalue weighted by Gasteiger charge is 2.28. The molecule has 2 heterocycles. The van der Waals surface area contributed by atoms with Gasteiger partial charge in [0.2, 0.25) is 10.0 Å². The van der Waals surface area contributed by atoms with E-state index in [2.05, 4.69) is 34.1 Å². The summed E-state index contributed by atoms with van der Waals surface area (Å²) in [6.45, 7) is 6.73. The van der Waals surface area contributed by atoms with Gasteiger partial charge in [-0.1, -0.05) is 17.7 Å². The molecule has 0 bridgehead atoms. The van der Waals surface area contributed by atoms with Crippen LogP contribution in [0.1, 0.15) is 24.8 Å². The molecule has 2 aromatic carbocycles. The summed E-state index contributed by atoms with van der Waals surface area (Å²) in [6.07, 6.45) is 3.89. The quantitative estimate of drug-likeness (QED) is 0.789. The van der Waals surface area contributed by atoms with Gasteiger partial charge in [0, 0.05) is 50.6 Å². The standard InChI is InChI=1S/C22H29N3O2S/c1-19-5-11-22(12-6-19)28(26,27)25-17-15-24(16-18-25)21-9-7-20(8-10-21)23-13-3-2-4-14-23/h5-12H,2-4,13-18H2,1H3. The Morgan fingerprint density at radius 1 is 0.643 bits per heavy atom. The third kappa shape index (κ3) is 4.03. The predicted octanol–water partition coefficient (Wildman–Crippen LogP) is 3.50. The maximum Gasteiger partial charge on any atom is 0.243 e. The molecule has 2 aromatic rings. The van der Waals surface area contributed by atoms with E-state index >= 15 is 0 Å². The normalized spacial score (nSPS) is 19.0. The van der Waals surface area contributed by atoms with Crippen molar-refractivity contribution in [3.05, 3.63) is 54.1 Å². The van der Waals surface area contributed by atoms with Crippen molar-refractivity contribution in [2.75, 3.05) is 49.1 Å². The number of aryl methyl sites for hydroxylation is 1. The number of piperidine rings is 1. The molecule has 4 rings (SSSR count). The fourth-order valence-corrected chi connectivity index (χ4v) is 5.49. The number of piperazine rings is 1. The van der Waals surface area contributed by atoms with Gasteiger partial charge < -0.3 is 9.80 Å². The van der Waals surface area contributed by atoms with Crippen LogP contribution in [-0.2, 0) is 10.0 Å².